The molecule has 0 fully saturated rings. The molecule has 0 heterocycles. The third-order valence-corrected chi connectivity index (χ3v) is 3.38. The number of carbonyl (C=O) groups is 1. The van der Waals surface area contributed by atoms with Crippen LogP contribution in [0.5, 0.6) is 0 Å². The van der Waals surface area contributed by atoms with Crippen molar-refractivity contribution in [3.63, 3.8) is 0 Å². The summed E-state index contributed by atoms with van der Waals surface area (Å²) in [4.78, 5) is 21.2. The minimum absolute atomic E-state index is 0.0137. The first kappa shape index (κ1) is 21.1. The number of nitro groups is 1. The van der Waals surface area contributed by atoms with Gasteiger partial charge in [-0.05, 0) is 33.3 Å². The highest BCUT2D eigenvalue weighted by Gasteiger charge is 2.25. The molecule has 0 spiro atoms. The predicted molar refractivity (Wildman–Crippen MR) is 87.9 cm³/mol. The number of alkyl carbamates (subject to hydrolysis) is 1. The van der Waals surface area contributed by atoms with Crippen LogP contribution in [0.1, 0.15) is 38.9 Å². The van der Waals surface area contributed by atoms with E-state index in [1.165, 1.54) is 0 Å². The van der Waals surface area contributed by atoms with E-state index < -0.39 is 40.3 Å². The normalized spacial score (nSPS) is 13.9. The molecule has 0 aliphatic rings. The Hall–Kier alpha value is -1.97. The summed E-state index contributed by atoms with van der Waals surface area (Å²) in [6.45, 7) is 5.06. The minimum atomic E-state index is -1.58. The van der Waals surface area contributed by atoms with Crippen molar-refractivity contribution in [2.24, 2.45) is 0 Å². The summed E-state index contributed by atoms with van der Waals surface area (Å²) in [6.07, 6.45) is -3.72. The second kappa shape index (κ2) is 8.41. The molecule has 0 bridgehead atoms. The average Bonchev–Trinajstić information content (AvgIpc) is 2.46. The van der Waals surface area contributed by atoms with Crippen LogP contribution in [0.15, 0.2) is 12.1 Å². The lowest BCUT2D eigenvalue weighted by atomic mass is 10.0. The van der Waals surface area contributed by atoms with Gasteiger partial charge in [-0.25, -0.2) is 4.79 Å². The van der Waals surface area contributed by atoms with Gasteiger partial charge in [-0.15, -0.1) is 0 Å². The Kier molecular flexibility index (Phi) is 7.09. The zero-order valence-corrected chi connectivity index (χ0v) is 14.7. The molecule has 0 saturated heterocycles. The highest BCUT2D eigenvalue weighted by atomic mass is 35.5. The number of carbonyl (C=O) groups excluding carboxylic acids is 1. The number of rotatable bonds is 6. The molecular formula is C15H20ClFN2O6. The van der Waals surface area contributed by atoms with Crippen LogP contribution in [0.25, 0.3) is 0 Å². The molecule has 140 valence electrons. The number of ether oxygens (including phenoxy) is 1. The lowest BCUT2D eigenvalue weighted by molar-refractivity contribution is -0.387. The van der Waals surface area contributed by atoms with Crippen molar-refractivity contribution in [3.05, 3.63) is 38.7 Å². The first-order chi connectivity index (χ1) is 11.4. The molecule has 0 aliphatic heterocycles. The molecule has 3 N–H and O–H groups in total. The first-order valence-corrected chi connectivity index (χ1v) is 7.76. The van der Waals surface area contributed by atoms with E-state index in [2.05, 4.69) is 5.32 Å². The summed E-state index contributed by atoms with van der Waals surface area (Å²) in [6, 6.07) is 1.47. The molecule has 25 heavy (non-hydrogen) atoms. The summed E-state index contributed by atoms with van der Waals surface area (Å²) in [5.41, 5.74) is -1.69. The van der Waals surface area contributed by atoms with Crippen LogP contribution >= 0.6 is 11.6 Å². The molecule has 2 atom stereocenters. The largest absolute Gasteiger partial charge is 0.444 e. The summed E-state index contributed by atoms with van der Waals surface area (Å²) in [7, 11) is 0. The number of hydrogen-bond donors (Lipinski definition) is 3. The number of nitrogens with one attached hydrogen (secondary N) is 1. The molecule has 0 radical (unpaired) electrons. The SMILES string of the molecule is CC(C)(C)OC(=O)NCCC(O)C(O)c1cc(F)c([N+](=O)[O-])cc1Cl. The first-order valence-electron chi connectivity index (χ1n) is 7.38. The third kappa shape index (κ3) is 6.45. The van der Waals surface area contributed by atoms with E-state index in [1.807, 2.05) is 0 Å². The van der Waals surface area contributed by atoms with Gasteiger partial charge in [-0.3, -0.25) is 10.1 Å². The quantitative estimate of drug-likeness (QED) is 0.516. The number of nitro benzene ring substituents is 1. The van der Waals surface area contributed by atoms with E-state index in [9.17, 15) is 29.5 Å². The Morgan fingerprint density at radius 3 is 2.56 bits per heavy atom. The fraction of sp³-hybridized carbons (Fsp3) is 0.533. The Morgan fingerprint density at radius 2 is 2.04 bits per heavy atom. The van der Waals surface area contributed by atoms with Crippen LogP contribution in [0, 0.1) is 15.9 Å². The average molecular weight is 379 g/mol. The number of halogens is 2. The highest BCUT2D eigenvalue weighted by molar-refractivity contribution is 6.31. The maximum atomic E-state index is 13.7. The van der Waals surface area contributed by atoms with E-state index in [1.54, 1.807) is 20.8 Å². The maximum absolute atomic E-state index is 13.7. The predicted octanol–water partition coefficient (Wildman–Crippen LogP) is 2.70. The smallest absolute Gasteiger partial charge is 0.407 e. The topological polar surface area (TPSA) is 122 Å². The van der Waals surface area contributed by atoms with Crippen molar-refractivity contribution >= 4 is 23.4 Å². The second-order valence-corrected chi connectivity index (χ2v) is 6.72. The number of benzene rings is 1. The molecule has 0 aliphatic carbocycles. The van der Waals surface area contributed by atoms with Crippen LogP contribution in [0.4, 0.5) is 14.9 Å². The van der Waals surface area contributed by atoms with E-state index in [-0.39, 0.29) is 23.6 Å². The zero-order chi connectivity index (χ0) is 19.4. The van der Waals surface area contributed by atoms with Gasteiger partial charge in [0.2, 0.25) is 5.82 Å². The summed E-state index contributed by atoms with van der Waals surface area (Å²) in [5, 5.41) is 32.8. The van der Waals surface area contributed by atoms with Crippen molar-refractivity contribution in [2.45, 2.75) is 45.0 Å². The fourth-order valence-electron chi connectivity index (χ4n) is 1.92. The van der Waals surface area contributed by atoms with Gasteiger partial charge < -0.3 is 20.3 Å². The highest BCUT2D eigenvalue weighted by Crippen LogP contribution is 2.31. The third-order valence-electron chi connectivity index (χ3n) is 3.05. The van der Waals surface area contributed by atoms with Gasteiger partial charge in [0.1, 0.15) is 11.7 Å². The Labute approximate surface area is 148 Å². The number of aliphatic hydroxyl groups excluding tert-OH is 2. The second-order valence-electron chi connectivity index (χ2n) is 6.31. The van der Waals surface area contributed by atoms with Gasteiger partial charge in [0.15, 0.2) is 0 Å². The summed E-state index contributed by atoms with van der Waals surface area (Å²) >= 11 is 5.81. The van der Waals surface area contributed by atoms with Gasteiger partial charge >= 0.3 is 11.8 Å². The monoisotopic (exact) mass is 378 g/mol. The standard InChI is InChI=1S/C15H20ClFN2O6/c1-15(2,3)25-14(22)18-5-4-12(20)13(21)8-6-10(17)11(19(23)24)7-9(8)16/h6-7,12-13,20-21H,4-5H2,1-3H3,(H,18,22). The number of hydrogen-bond acceptors (Lipinski definition) is 6. The van der Waals surface area contributed by atoms with Gasteiger partial charge in [0.05, 0.1) is 16.0 Å². The van der Waals surface area contributed by atoms with Crippen LogP contribution in [-0.2, 0) is 4.74 Å². The van der Waals surface area contributed by atoms with Crippen molar-refractivity contribution in [1.82, 2.24) is 5.32 Å². The molecule has 0 aromatic heterocycles. The number of amides is 1. The molecule has 0 saturated carbocycles. The van der Waals surface area contributed by atoms with Crippen LogP contribution in [-0.4, -0.2) is 39.5 Å². The van der Waals surface area contributed by atoms with Gasteiger partial charge in [0.25, 0.3) is 0 Å². The molecule has 10 heteroatoms. The minimum Gasteiger partial charge on any atom is -0.444 e. The maximum Gasteiger partial charge on any atom is 0.407 e. The van der Waals surface area contributed by atoms with Crippen LogP contribution in [0.2, 0.25) is 5.02 Å². The fourth-order valence-corrected chi connectivity index (χ4v) is 2.19. The van der Waals surface area contributed by atoms with Gasteiger partial charge in [-0.2, -0.15) is 4.39 Å². The van der Waals surface area contributed by atoms with E-state index in [0.29, 0.717) is 6.07 Å². The number of nitrogens with zero attached hydrogens (tertiary/aromatic N) is 1. The van der Waals surface area contributed by atoms with E-state index in [4.69, 9.17) is 16.3 Å². The molecule has 2 unspecified atom stereocenters. The van der Waals surface area contributed by atoms with Gasteiger partial charge in [-0.1, -0.05) is 11.6 Å². The van der Waals surface area contributed by atoms with Crippen molar-refractivity contribution in [3.8, 4) is 0 Å². The molecule has 1 rings (SSSR count). The van der Waals surface area contributed by atoms with Crippen molar-refractivity contribution < 1.29 is 29.1 Å². The van der Waals surface area contributed by atoms with E-state index >= 15 is 0 Å². The Morgan fingerprint density at radius 1 is 1.44 bits per heavy atom. The molecule has 8 nitrogen and oxygen atoms in total. The summed E-state index contributed by atoms with van der Waals surface area (Å²) in [5.74, 6) is -1.18. The Bertz CT molecular complexity index is 650. The summed E-state index contributed by atoms with van der Waals surface area (Å²) < 4.78 is 18.7. The molecular weight excluding hydrogens is 359 g/mol. The van der Waals surface area contributed by atoms with Gasteiger partial charge in [0, 0.05) is 18.2 Å². The van der Waals surface area contributed by atoms with Crippen LogP contribution in [0.3, 0.4) is 0 Å². The molecule has 1 aromatic carbocycles. The number of aliphatic hydroxyl groups is 2. The van der Waals surface area contributed by atoms with Crippen LogP contribution < -0.4 is 5.32 Å². The van der Waals surface area contributed by atoms with E-state index in [0.717, 1.165) is 6.07 Å². The zero-order valence-electron chi connectivity index (χ0n) is 14.0. The lowest BCUT2D eigenvalue weighted by Gasteiger charge is -2.21. The lowest BCUT2D eigenvalue weighted by Crippen LogP contribution is -2.34. The van der Waals surface area contributed by atoms with Crippen molar-refractivity contribution in [1.29, 1.82) is 0 Å². The van der Waals surface area contributed by atoms with Crippen molar-refractivity contribution in [2.75, 3.05) is 6.54 Å². The molecule has 1 aromatic rings. The molecule has 1 amide bonds. The Balaban J connectivity index is 2.68.